The Morgan fingerprint density at radius 2 is 2.03 bits per heavy atom. The zero-order chi connectivity index (χ0) is 25.2. The van der Waals surface area contributed by atoms with Crippen molar-refractivity contribution in [2.45, 2.75) is 37.6 Å². The maximum absolute atomic E-state index is 14.4. The van der Waals surface area contributed by atoms with Gasteiger partial charge in [-0.15, -0.1) is 0 Å². The van der Waals surface area contributed by atoms with E-state index in [1.807, 2.05) is 0 Å². The van der Waals surface area contributed by atoms with Crippen molar-refractivity contribution >= 4 is 35.0 Å². The van der Waals surface area contributed by atoms with Crippen molar-refractivity contribution < 1.29 is 36.6 Å². The summed E-state index contributed by atoms with van der Waals surface area (Å²) in [6.45, 7) is 1.01. The number of fused-ring (bicyclic) bond motifs is 1. The van der Waals surface area contributed by atoms with Crippen molar-refractivity contribution in [1.82, 2.24) is 10.3 Å². The van der Waals surface area contributed by atoms with Crippen LogP contribution in [0.15, 0.2) is 18.2 Å². The number of hydrogen-bond donors (Lipinski definition) is 2. The summed E-state index contributed by atoms with van der Waals surface area (Å²) in [5.74, 6) is -3.64. The number of likely N-dealkylation sites (N-methyl/N-ethyl adjacent to an activating group) is 1. The van der Waals surface area contributed by atoms with Crippen LogP contribution in [-0.2, 0) is 23.0 Å². The molecule has 2 heterocycles. The number of carbonyl (C=O) groups excluding carboxylic acids is 2. The summed E-state index contributed by atoms with van der Waals surface area (Å²) in [5, 5.41) is 12.1. The van der Waals surface area contributed by atoms with Crippen LogP contribution in [0.4, 0.5) is 38.3 Å². The van der Waals surface area contributed by atoms with E-state index in [9.17, 15) is 36.6 Å². The summed E-state index contributed by atoms with van der Waals surface area (Å²) in [6.07, 6.45) is -4.86. The highest BCUT2D eigenvalue weighted by atomic mass is 35.5. The quantitative estimate of drug-likeness (QED) is 0.492. The predicted octanol–water partition coefficient (Wildman–Crippen LogP) is 3.75. The minimum absolute atomic E-state index is 0.00373. The molecule has 1 aliphatic heterocycles. The number of anilines is 2. The molecule has 13 heteroatoms. The second kappa shape index (κ2) is 8.05. The fourth-order valence-corrected chi connectivity index (χ4v) is 4.36. The van der Waals surface area contributed by atoms with Crippen LogP contribution in [0.1, 0.15) is 30.2 Å². The summed E-state index contributed by atoms with van der Waals surface area (Å²) in [7, 11) is 1.15. The molecule has 0 unspecified atom stereocenters. The molecule has 3 amide bonds. The molecule has 1 aromatic carbocycles. The van der Waals surface area contributed by atoms with Gasteiger partial charge in [0.25, 0.3) is 5.91 Å². The van der Waals surface area contributed by atoms with Gasteiger partial charge in [0.1, 0.15) is 28.3 Å². The number of carbonyl (C=O) groups is 2. The summed E-state index contributed by atoms with van der Waals surface area (Å²) < 4.78 is 69.3. The van der Waals surface area contributed by atoms with Crippen LogP contribution in [-0.4, -0.2) is 41.7 Å². The van der Waals surface area contributed by atoms with Gasteiger partial charge in [-0.2, -0.15) is 13.2 Å². The lowest BCUT2D eigenvalue weighted by Crippen LogP contribution is -2.47. The van der Waals surface area contributed by atoms with Gasteiger partial charge in [-0.05, 0) is 43.5 Å². The predicted molar refractivity (Wildman–Crippen MR) is 112 cm³/mol. The summed E-state index contributed by atoms with van der Waals surface area (Å²) in [6, 6.07) is 0.164. The third kappa shape index (κ3) is 3.84. The molecule has 4 rings (SSSR count). The van der Waals surface area contributed by atoms with Crippen molar-refractivity contribution in [3.63, 3.8) is 0 Å². The number of amides is 3. The number of aromatic nitrogens is 1. The molecule has 0 bridgehead atoms. The van der Waals surface area contributed by atoms with Gasteiger partial charge >= 0.3 is 12.2 Å². The molecule has 0 radical (unpaired) electrons. The monoisotopic (exact) mass is 504 g/mol. The molecular formula is C21H18ClF5N4O3. The Hall–Kier alpha value is -2.99. The molecule has 7 nitrogen and oxygen atoms in total. The van der Waals surface area contributed by atoms with Crippen molar-refractivity contribution in [2.75, 3.05) is 23.4 Å². The van der Waals surface area contributed by atoms with E-state index in [1.165, 1.54) is 6.92 Å². The minimum Gasteiger partial charge on any atom is -0.384 e. The molecule has 1 aromatic heterocycles. The average Bonchev–Trinajstić information content (AvgIpc) is 3.29. The summed E-state index contributed by atoms with van der Waals surface area (Å²) in [5.41, 5.74) is -3.53. The fourth-order valence-electron chi connectivity index (χ4n) is 4.20. The van der Waals surface area contributed by atoms with Gasteiger partial charge in [-0.3, -0.25) is 9.69 Å². The van der Waals surface area contributed by atoms with Crippen LogP contribution >= 0.6 is 11.6 Å². The molecule has 1 fully saturated rings. The zero-order valence-electron chi connectivity index (χ0n) is 17.8. The number of alkyl halides is 3. The summed E-state index contributed by atoms with van der Waals surface area (Å²) in [4.78, 5) is 31.3. The first-order valence-electron chi connectivity index (χ1n) is 10.1. The Bertz CT molecular complexity index is 1200. The van der Waals surface area contributed by atoms with Gasteiger partial charge in [0.05, 0.1) is 16.9 Å². The molecular weight excluding hydrogens is 487 g/mol. The van der Waals surface area contributed by atoms with E-state index in [0.717, 1.165) is 29.0 Å². The third-order valence-electron chi connectivity index (χ3n) is 6.00. The SMILES string of the molecule is CN(C(=O)[C@@H]1CNC(=O)N1c1cc(C(F)(F)F)c2c(n1)[C@@](C)(O)CC2)c1ccc(F)c(Cl)c1F. The summed E-state index contributed by atoms with van der Waals surface area (Å²) >= 11 is 5.57. The van der Waals surface area contributed by atoms with Gasteiger partial charge in [-0.1, -0.05) is 11.6 Å². The number of rotatable bonds is 3. The van der Waals surface area contributed by atoms with Crippen LogP contribution in [0, 0.1) is 11.6 Å². The van der Waals surface area contributed by atoms with E-state index < -0.39 is 63.5 Å². The van der Waals surface area contributed by atoms with Crippen molar-refractivity contribution in [3.8, 4) is 0 Å². The normalized spacial score (nSPS) is 22.1. The molecule has 2 N–H and O–H groups in total. The van der Waals surface area contributed by atoms with Crippen LogP contribution in [0.25, 0.3) is 0 Å². The van der Waals surface area contributed by atoms with Gasteiger partial charge in [-0.25, -0.2) is 18.6 Å². The van der Waals surface area contributed by atoms with Crippen LogP contribution in [0.2, 0.25) is 5.02 Å². The van der Waals surface area contributed by atoms with E-state index in [0.29, 0.717) is 6.07 Å². The van der Waals surface area contributed by atoms with Gasteiger partial charge in [0.15, 0.2) is 5.82 Å². The number of nitrogens with zero attached hydrogens (tertiary/aromatic N) is 3. The van der Waals surface area contributed by atoms with Crippen molar-refractivity contribution in [3.05, 3.63) is 51.7 Å². The van der Waals surface area contributed by atoms with Crippen LogP contribution < -0.4 is 15.1 Å². The fraction of sp³-hybridized carbons (Fsp3) is 0.381. The molecule has 182 valence electrons. The molecule has 1 aliphatic carbocycles. The third-order valence-corrected chi connectivity index (χ3v) is 6.35. The van der Waals surface area contributed by atoms with E-state index in [4.69, 9.17) is 11.6 Å². The highest BCUT2D eigenvalue weighted by Crippen LogP contribution is 2.44. The molecule has 2 aliphatic rings. The van der Waals surface area contributed by atoms with E-state index in [-0.39, 0.29) is 30.6 Å². The standard InChI is InChI=1S/C21H18ClF5N4O3/c1-20(34)6-5-9-10(21(25,26)27)7-14(29-17(9)20)31-13(8-28-19(31)33)18(32)30(2)12-4-3-11(23)15(22)16(12)24/h3-4,7,13,34H,5-6,8H2,1-2H3,(H,28,33)/t13-,20-/m0/s1. The number of aliphatic hydroxyl groups is 1. The Morgan fingerprint density at radius 1 is 1.35 bits per heavy atom. The second-order valence-electron chi connectivity index (χ2n) is 8.29. The molecule has 0 saturated carbocycles. The lowest BCUT2D eigenvalue weighted by Gasteiger charge is -2.28. The number of halogens is 6. The number of urea groups is 1. The number of pyridine rings is 1. The molecule has 1 saturated heterocycles. The Morgan fingerprint density at radius 3 is 2.68 bits per heavy atom. The number of benzene rings is 1. The zero-order valence-corrected chi connectivity index (χ0v) is 18.6. The smallest absolute Gasteiger partial charge is 0.384 e. The van der Waals surface area contributed by atoms with Gasteiger partial charge in [0, 0.05) is 13.6 Å². The van der Waals surface area contributed by atoms with Gasteiger partial charge < -0.3 is 15.3 Å². The van der Waals surface area contributed by atoms with E-state index in [1.54, 1.807) is 0 Å². The Kier molecular flexibility index (Phi) is 5.72. The van der Waals surface area contributed by atoms with Crippen molar-refractivity contribution in [1.29, 1.82) is 0 Å². The first kappa shape index (κ1) is 24.1. The molecule has 0 spiro atoms. The number of hydrogen-bond acceptors (Lipinski definition) is 4. The first-order valence-corrected chi connectivity index (χ1v) is 10.4. The second-order valence-corrected chi connectivity index (χ2v) is 8.67. The lowest BCUT2D eigenvalue weighted by atomic mass is 10.0. The molecule has 2 atom stereocenters. The van der Waals surface area contributed by atoms with Crippen molar-refractivity contribution in [2.24, 2.45) is 0 Å². The maximum atomic E-state index is 14.4. The highest BCUT2D eigenvalue weighted by Gasteiger charge is 2.46. The maximum Gasteiger partial charge on any atom is 0.416 e. The van der Waals surface area contributed by atoms with E-state index >= 15 is 0 Å². The number of nitrogens with one attached hydrogen (secondary N) is 1. The Balaban J connectivity index is 1.77. The Labute approximate surface area is 195 Å². The highest BCUT2D eigenvalue weighted by molar-refractivity contribution is 6.31. The lowest BCUT2D eigenvalue weighted by molar-refractivity contribution is -0.138. The average molecular weight is 505 g/mol. The minimum atomic E-state index is -4.80. The van der Waals surface area contributed by atoms with Gasteiger partial charge in [0.2, 0.25) is 0 Å². The van der Waals surface area contributed by atoms with Crippen LogP contribution in [0.5, 0.6) is 0 Å². The van der Waals surface area contributed by atoms with E-state index in [2.05, 4.69) is 10.3 Å². The topological polar surface area (TPSA) is 85.8 Å². The largest absolute Gasteiger partial charge is 0.416 e. The molecule has 2 aromatic rings. The molecule has 34 heavy (non-hydrogen) atoms. The van der Waals surface area contributed by atoms with Crippen LogP contribution in [0.3, 0.4) is 0 Å². The first-order chi connectivity index (χ1) is 15.7.